The molecule has 0 aliphatic rings. The lowest BCUT2D eigenvalue weighted by molar-refractivity contribution is 0.0951. The topological polar surface area (TPSA) is 82.8 Å². The van der Waals surface area contributed by atoms with E-state index in [0.717, 1.165) is 11.1 Å². The SMILES string of the molecule is COc1cc(CNC(=O)c2ccc3nc(C(C)C)oc3c2)cc(OC)c1OC. The Balaban J connectivity index is 1.77. The Hall–Kier alpha value is -3.22. The summed E-state index contributed by atoms with van der Waals surface area (Å²) in [6.45, 7) is 4.33. The van der Waals surface area contributed by atoms with Crippen LogP contribution in [0.25, 0.3) is 11.1 Å². The van der Waals surface area contributed by atoms with E-state index in [1.807, 2.05) is 13.8 Å². The number of hydrogen-bond acceptors (Lipinski definition) is 6. The maximum atomic E-state index is 12.6. The van der Waals surface area contributed by atoms with Crippen LogP contribution < -0.4 is 19.5 Å². The highest BCUT2D eigenvalue weighted by Gasteiger charge is 2.15. The molecular weight excluding hydrogens is 360 g/mol. The minimum Gasteiger partial charge on any atom is -0.493 e. The number of nitrogens with one attached hydrogen (secondary N) is 1. The van der Waals surface area contributed by atoms with Crippen LogP contribution in [-0.2, 0) is 6.54 Å². The highest BCUT2D eigenvalue weighted by molar-refractivity contribution is 5.97. The first-order valence-electron chi connectivity index (χ1n) is 8.94. The van der Waals surface area contributed by atoms with Crippen molar-refractivity contribution in [3.8, 4) is 17.2 Å². The molecule has 1 heterocycles. The maximum absolute atomic E-state index is 12.6. The first-order valence-corrected chi connectivity index (χ1v) is 8.94. The van der Waals surface area contributed by atoms with Crippen LogP contribution in [0.3, 0.4) is 0 Å². The van der Waals surface area contributed by atoms with Gasteiger partial charge < -0.3 is 23.9 Å². The minimum atomic E-state index is -0.210. The van der Waals surface area contributed by atoms with Crippen LogP contribution >= 0.6 is 0 Å². The summed E-state index contributed by atoms with van der Waals surface area (Å²) in [5.41, 5.74) is 2.67. The predicted molar refractivity (Wildman–Crippen MR) is 105 cm³/mol. The van der Waals surface area contributed by atoms with Crippen LogP contribution in [0, 0.1) is 0 Å². The number of fused-ring (bicyclic) bond motifs is 1. The van der Waals surface area contributed by atoms with E-state index in [9.17, 15) is 4.79 Å². The van der Waals surface area contributed by atoms with Crippen LogP contribution in [0.5, 0.6) is 17.2 Å². The number of methoxy groups -OCH3 is 3. The molecule has 2 aromatic carbocycles. The van der Waals surface area contributed by atoms with Crippen LogP contribution in [0.4, 0.5) is 0 Å². The fourth-order valence-electron chi connectivity index (χ4n) is 2.85. The zero-order valence-electron chi connectivity index (χ0n) is 16.7. The van der Waals surface area contributed by atoms with E-state index in [4.69, 9.17) is 18.6 Å². The van der Waals surface area contributed by atoms with Gasteiger partial charge in [-0.1, -0.05) is 13.8 Å². The second-order valence-corrected chi connectivity index (χ2v) is 6.61. The predicted octanol–water partition coefficient (Wildman–Crippen LogP) is 3.91. The van der Waals surface area contributed by atoms with E-state index in [1.54, 1.807) is 51.7 Å². The van der Waals surface area contributed by atoms with Crippen molar-refractivity contribution in [1.29, 1.82) is 0 Å². The van der Waals surface area contributed by atoms with E-state index in [0.29, 0.717) is 40.8 Å². The number of carbonyl (C=O) groups excluding carboxylic acids is 1. The molecule has 0 bridgehead atoms. The van der Waals surface area contributed by atoms with Crippen LogP contribution in [-0.4, -0.2) is 32.2 Å². The summed E-state index contributed by atoms with van der Waals surface area (Å²) in [7, 11) is 4.65. The lowest BCUT2D eigenvalue weighted by Gasteiger charge is -2.14. The molecule has 0 atom stereocenters. The molecule has 148 valence electrons. The minimum absolute atomic E-state index is 0.185. The number of ether oxygens (including phenoxy) is 3. The number of carbonyl (C=O) groups is 1. The number of benzene rings is 2. The summed E-state index contributed by atoms with van der Waals surface area (Å²) in [6.07, 6.45) is 0. The van der Waals surface area contributed by atoms with Gasteiger partial charge in [-0.3, -0.25) is 4.79 Å². The van der Waals surface area contributed by atoms with Gasteiger partial charge in [0.25, 0.3) is 5.91 Å². The molecule has 0 saturated carbocycles. The van der Waals surface area contributed by atoms with Crippen molar-refractivity contribution in [3.05, 3.63) is 47.3 Å². The molecule has 7 heteroatoms. The summed E-state index contributed by atoms with van der Waals surface area (Å²) in [5.74, 6) is 2.22. The molecule has 28 heavy (non-hydrogen) atoms. The summed E-state index contributed by atoms with van der Waals surface area (Å²) in [5, 5.41) is 2.90. The van der Waals surface area contributed by atoms with Gasteiger partial charge in [-0.15, -0.1) is 0 Å². The summed E-state index contributed by atoms with van der Waals surface area (Å²) in [4.78, 5) is 17.0. The van der Waals surface area contributed by atoms with E-state index >= 15 is 0 Å². The van der Waals surface area contributed by atoms with Crippen molar-refractivity contribution < 1.29 is 23.4 Å². The molecule has 1 N–H and O–H groups in total. The number of nitrogens with zero attached hydrogens (tertiary/aromatic N) is 1. The smallest absolute Gasteiger partial charge is 0.251 e. The van der Waals surface area contributed by atoms with E-state index in [2.05, 4.69) is 10.3 Å². The van der Waals surface area contributed by atoms with Gasteiger partial charge in [0, 0.05) is 18.0 Å². The number of rotatable bonds is 7. The average molecular weight is 384 g/mol. The van der Waals surface area contributed by atoms with E-state index in [1.165, 1.54) is 0 Å². The van der Waals surface area contributed by atoms with E-state index in [-0.39, 0.29) is 11.8 Å². The zero-order chi connectivity index (χ0) is 20.3. The Morgan fingerprint density at radius 1 is 1.07 bits per heavy atom. The molecule has 0 spiro atoms. The fourth-order valence-corrected chi connectivity index (χ4v) is 2.85. The highest BCUT2D eigenvalue weighted by atomic mass is 16.5. The molecule has 3 rings (SSSR count). The van der Waals surface area contributed by atoms with Crippen molar-refractivity contribution in [2.24, 2.45) is 0 Å². The largest absolute Gasteiger partial charge is 0.493 e. The molecule has 0 unspecified atom stereocenters. The van der Waals surface area contributed by atoms with Gasteiger partial charge in [-0.05, 0) is 35.9 Å². The average Bonchev–Trinajstić information content (AvgIpc) is 3.14. The Morgan fingerprint density at radius 2 is 1.75 bits per heavy atom. The quantitative estimate of drug-likeness (QED) is 0.665. The number of hydrogen-bond donors (Lipinski definition) is 1. The summed E-state index contributed by atoms with van der Waals surface area (Å²) in [6, 6.07) is 8.84. The van der Waals surface area contributed by atoms with Gasteiger partial charge >= 0.3 is 0 Å². The molecule has 1 aromatic heterocycles. The van der Waals surface area contributed by atoms with Gasteiger partial charge in [0.2, 0.25) is 5.75 Å². The third-order valence-electron chi connectivity index (χ3n) is 4.34. The molecule has 3 aromatic rings. The fraction of sp³-hybridized carbons (Fsp3) is 0.333. The summed E-state index contributed by atoms with van der Waals surface area (Å²) < 4.78 is 21.7. The van der Waals surface area contributed by atoms with Crippen LogP contribution in [0.1, 0.15) is 41.6 Å². The molecule has 0 aliphatic heterocycles. The monoisotopic (exact) mass is 384 g/mol. The third kappa shape index (κ3) is 3.88. The van der Waals surface area contributed by atoms with Crippen LogP contribution in [0.2, 0.25) is 0 Å². The van der Waals surface area contributed by atoms with Crippen molar-refractivity contribution in [1.82, 2.24) is 10.3 Å². The Morgan fingerprint density at radius 3 is 2.32 bits per heavy atom. The standard InChI is InChI=1S/C21H24N2O5/c1-12(2)21-23-15-7-6-14(10-16(15)28-21)20(24)22-11-13-8-17(25-3)19(27-5)18(9-13)26-4/h6-10,12H,11H2,1-5H3,(H,22,24). The van der Waals surface area contributed by atoms with Gasteiger partial charge in [0.15, 0.2) is 23.0 Å². The van der Waals surface area contributed by atoms with Gasteiger partial charge in [-0.25, -0.2) is 4.98 Å². The van der Waals surface area contributed by atoms with Gasteiger partial charge in [0.05, 0.1) is 21.3 Å². The third-order valence-corrected chi connectivity index (χ3v) is 4.34. The second-order valence-electron chi connectivity index (χ2n) is 6.61. The maximum Gasteiger partial charge on any atom is 0.251 e. The molecule has 0 fully saturated rings. The van der Waals surface area contributed by atoms with Gasteiger partial charge in [-0.2, -0.15) is 0 Å². The van der Waals surface area contributed by atoms with Gasteiger partial charge in [0.1, 0.15) is 5.52 Å². The molecule has 0 radical (unpaired) electrons. The van der Waals surface area contributed by atoms with Crippen molar-refractivity contribution >= 4 is 17.0 Å². The lowest BCUT2D eigenvalue weighted by atomic mass is 10.1. The first kappa shape index (κ1) is 19.5. The molecule has 7 nitrogen and oxygen atoms in total. The zero-order valence-corrected chi connectivity index (χ0v) is 16.7. The molecular formula is C21H24N2O5. The first-order chi connectivity index (χ1) is 13.5. The van der Waals surface area contributed by atoms with Crippen molar-refractivity contribution in [2.45, 2.75) is 26.3 Å². The Labute approximate surface area is 163 Å². The number of oxazole rings is 1. The second kappa shape index (κ2) is 8.21. The molecule has 0 aliphatic carbocycles. The van der Waals surface area contributed by atoms with Crippen molar-refractivity contribution in [3.63, 3.8) is 0 Å². The number of amides is 1. The molecule has 1 amide bonds. The Bertz CT molecular complexity index is 969. The normalized spacial score (nSPS) is 10.9. The summed E-state index contributed by atoms with van der Waals surface area (Å²) >= 11 is 0. The van der Waals surface area contributed by atoms with Crippen molar-refractivity contribution in [2.75, 3.05) is 21.3 Å². The van der Waals surface area contributed by atoms with E-state index < -0.39 is 0 Å². The van der Waals surface area contributed by atoms with Crippen LogP contribution in [0.15, 0.2) is 34.7 Å². The Kier molecular flexibility index (Phi) is 5.73. The number of aromatic nitrogens is 1. The lowest BCUT2D eigenvalue weighted by Crippen LogP contribution is -2.22. The highest BCUT2D eigenvalue weighted by Crippen LogP contribution is 2.38. The molecule has 0 saturated heterocycles.